The summed E-state index contributed by atoms with van der Waals surface area (Å²) in [5.74, 6) is 0.462. The number of carbonyl (C=O) groups is 1. The van der Waals surface area contributed by atoms with Crippen molar-refractivity contribution >= 4 is 38.8 Å². The molecule has 4 rings (SSSR count). The SMILES string of the molecule is O=C1Cc2cc(S(=O)(=O)Nc3ccc(Nc4ccccc4)nc3)ccc2N1. The van der Waals surface area contributed by atoms with Gasteiger partial charge >= 0.3 is 0 Å². The van der Waals surface area contributed by atoms with Crippen LogP contribution in [0, 0.1) is 0 Å². The van der Waals surface area contributed by atoms with Gasteiger partial charge in [0.15, 0.2) is 0 Å². The van der Waals surface area contributed by atoms with E-state index in [1.54, 1.807) is 18.2 Å². The second kappa shape index (κ2) is 6.73. The van der Waals surface area contributed by atoms with Gasteiger partial charge in [-0.3, -0.25) is 9.52 Å². The van der Waals surface area contributed by atoms with Crippen LogP contribution >= 0.6 is 0 Å². The molecule has 1 aliphatic rings. The number of nitrogens with zero attached hydrogens (tertiary/aromatic N) is 1. The van der Waals surface area contributed by atoms with E-state index in [4.69, 9.17) is 0 Å². The average Bonchev–Trinajstić information content (AvgIpc) is 3.03. The van der Waals surface area contributed by atoms with Gasteiger partial charge in [-0.25, -0.2) is 13.4 Å². The van der Waals surface area contributed by atoms with Gasteiger partial charge in [-0.2, -0.15) is 0 Å². The number of amides is 1. The molecule has 27 heavy (non-hydrogen) atoms. The van der Waals surface area contributed by atoms with Crippen molar-refractivity contribution in [1.82, 2.24) is 4.98 Å². The van der Waals surface area contributed by atoms with E-state index >= 15 is 0 Å². The molecule has 3 aromatic rings. The average molecular weight is 380 g/mol. The van der Waals surface area contributed by atoms with Crippen LogP contribution in [0.4, 0.5) is 22.9 Å². The smallest absolute Gasteiger partial charge is 0.261 e. The quantitative estimate of drug-likeness (QED) is 0.631. The van der Waals surface area contributed by atoms with Gasteiger partial charge in [-0.1, -0.05) is 18.2 Å². The lowest BCUT2D eigenvalue weighted by Crippen LogP contribution is -2.13. The Morgan fingerprint density at radius 2 is 1.78 bits per heavy atom. The van der Waals surface area contributed by atoms with E-state index in [9.17, 15) is 13.2 Å². The van der Waals surface area contributed by atoms with Crippen LogP contribution in [0.25, 0.3) is 0 Å². The number of rotatable bonds is 5. The number of para-hydroxylation sites is 1. The molecule has 7 nitrogen and oxygen atoms in total. The molecule has 0 fully saturated rings. The standard InChI is InChI=1S/C19H16N4O3S/c24-19-11-13-10-16(7-8-17(13)22-19)27(25,26)23-15-6-9-18(20-12-15)21-14-4-2-1-3-5-14/h1-10,12,23H,11H2,(H,20,21)(H,22,24). The number of benzene rings is 2. The number of hydrogen-bond donors (Lipinski definition) is 3. The van der Waals surface area contributed by atoms with E-state index in [1.807, 2.05) is 30.3 Å². The van der Waals surface area contributed by atoms with Gasteiger partial charge in [0.05, 0.1) is 23.2 Å². The number of sulfonamides is 1. The van der Waals surface area contributed by atoms with Gasteiger partial charge in [-0.05, 0) is 48.0 Å². The van der Waals surface area contributed by atoms with Gasteiger partial charge in [0.2, 0.25) is 5.91 Å². The van der Waals surface area contributed by atoms with Crippen molar-refractivity contribution in [2.75, 3.05) is 15.4 Å². The molecule has 1 aliphatic heterocycles. The number of hydrogen-bond acceptors (Lipinski definition) is 5. The monoisotopic (exact) mass is 380 g/mol. The summed E-state index contributed by atoms with van der Waals surface area (Å²) in [7, 11) is -3.77. The van der Waals surface area contributed by atoms with E-state index < -0.39 is 10.0 Å². The Bertz CT molecular complexity index is 1100. The molecule has 1 amide bonds. The zero-order valence-electron chi connectivity index (χ0n) is 14.1. The lowest BCUT2D eigenvalue weighted by molar-refractivity contribution is -0.115. The summed E-state index contributed by atoms with van der Waals surface area (Å²) in [4.78, 5) is 15.8. The first-order valence-electron chi connectivity index (χ1n) is 8.23. The van der Waals surface area contributed by atoms with Crippen LogP contribution in [-0.4, -0.2) is 19.3 Å². The van der Waals surface area contributed by atoms with E-state index in [-0.39, 0.29) is 17.2 Å². The number of nitrogens with one attached hydrogen (secondary N) is 3. The maximum atomic E-state index is 12.6. The Kier molecular flexibility index (Phi) is 4.25. The summed E-state index contributed by atoms with van der Waals surface area (Å²) >= 11 is 0. The van der Waals surface area contributed by atoms with Crippen molar-refractivity contribution in [3.05, 3.63) is 72.4 Å². The van der Waals surface area contributed by atoms with Crippen molar-refractivity contribution in [3.8, 4) is 0 Å². The molecule has 0 aliphatic carbocycles. The van der Waals surface area contributed by atoms with Crippen molar-refractivity contribution < 1.29 is 13.2 Å². The third-order valence-corrected chi connectivity index (χ3v) is 5.45. The molecular formula is C19H16N4O3S. The number of carbonyl (C=O) groups excluding carboxylic acids is 1. The summed E-state index contributed by atoms with van der Waals surface area (Å²) in [6.45, 7) is 0. The highest BCUT2D eigenvalue weighted by atomic mass is 32.2. The zero-order valence-corrected chi connectivity index (χ0v) is 15.0. The summed E-state index contributed by atoms with van der Waals surface area (Å²) in [6, 6.07) is 17.4. The Hall–Kier alpha value is -3.39. The molecule has 0 saturated carbocycles. The largest absolute Gasteiger partial charge is 0.340 e. The predicted octanol–water partition coefficient (Wildman–Crippen LogP) is 3.12. The Morgan fingerprint density at radius 1 is 0.963 bits per heavy atom. The maximum absolute atomic E-state index is 12.6. The van der Waals surface area contributed by atoms with Crippen molar-refractivity contribution in [3.63, 3.8) is 0 Å². The lowest BCUT2D eigenvalue weighted by Gasteiger charge is -2.10. The van der Waals surface area contributed by atoms with E-state index in [0.717, 1.165) is 5.69 Å². The van der Waals surface area contributed by atoms with E-state index in [1.165, 1.54) is 18.3 Å². The molecule has 0 saturated heterocycles. The molecule has 0 radical (unpaired) electrons. The summed E-state index contributed by atoms with van der Waals surface area (Å²) < 4.78 is 27.7. The highest BCUT2D eigenvalue weighted by molar-refractivity contribution is 7.92. The fourth-order valence-corrected chi connectivity index (χ4v) is 3.88. The van der Waals surface area contributed by atoms with Crippen LogP contribution in [0.2, 0.25) is 0 Å². The summed E-state index contributed by atoms with van der Waals surface area (Å²) in [5, 5.41) is 5.81. The van der Waals surface area contributed by atoms with Crippen molar-refractivity contribution in [1.29, 1.82) is 0 Å². The molecule has 0 unspecified atom stereocenters. The second-order valence-corrected chi connectivity index (χ2v) is 7.75. The molecule has 0 spiro atoms. The molecule has 0 atom stereocenters. The highest BCUT2D eigenvalue weighted by Crippen LogP contribution is 2.27. The molecule has 2 heterocycles. The van der Waals surface area contributed by atoms with Crippen LogP contribution in [0.3, 0.4) is 0 Å². The predicted molar refractivity (Wildman–Crippen MR) is 104 cm³/mol. The molecular weight excluding hydrogens is 364 g/mol. The Balaban J connectivity index is 1.50. The third kappa shape index (κ3) is 3.75. The zero-order chi connectivity index (χ0) is 18.9. The molecule has 8 heteroatoms. The minimum atomic E-state index is -3.77. The molecule has 0 bridgehead atoms. The fraction of sp³-hybridized carbons (Fsp3) is 0.0526. The Labute approximate surface area is 156 Å². The topological polar surface area (TPSA) is 100 Å². The van der Waals surface area contributed by atoms with Crippen LogP contribution < -0.4 is 15.4 Å². The van der Waals surface area contributed by atoms with Crippen LogP contribution in [0.5, 0.6) is 0 Å². The number of fused-ring (bicyclic) bond motifs is 1. The van der Waals surface area contributed by atoms with E-state index in [0.29, 0.717) is 22.8 Å². The minimum Gasteiger partial charge on any atom is -0.340 e. The van der Waals surface area contributed by atoms with Crippen LogP contribution in [-0.2, 0) is 21.2 Å². The number of pyridine rings is 1. The Morgan fingerprint density at radius 3 is 2.52 bits per heavy atom. The fourth-order valence-electron chi connectivity index (χ4n) is 2.78. The normalized spacial score (nSPS) is 13.0. The first-order chi connectivity index (χ1) is 13.0. The van der Waals surface area contributed by atoms with Crippen LogP contribution in [0.1, 0.15) is 5.56 Å². The number of anilines is 4. The van der Waals surface area contributed by atoms with Gasteiger partial charge in [-0.15, -0.1) is 0 Å². The second-order valence-electron chi connectivity index (χ2n) is 6.07. The summed E-state index contributed by atoms with van der Waals surface area (Å²) in [6.07, 6.45) is 1.63. The highest BCUT2D eigenvalue weighted by Gasteiger charge is 2.22. The van der Waals surface area contributed by atoms with E-state index in [2.05, 4.69) is 20.3 Å². The molecule has 3 N–H and O–H groups in total. The maximum Gasteiger partial charge on any atom is 0.261 e. The third-order valence-electron chi connectivity index (χ3n) is 4.07. The first-order valence-corrected chi connectivity index (χ1v) is 9.72. The minimum absolute atomic E-state index is 0.101. The van der Waals surface area contributed by atoms with Crippen LogP contribution in [0.15, 0.2) is 71.8 Å². The van der Waals surface area contributed by atoms with Gasteiger partial charge in [0.1, 0.15) is 5.82 Å². The van der Waals surface area contributed by atoms with Crippen molar-refractivity contribution in [2.45, 2.75) is 11.3 Å². The summed E-state index contributed by atoms with van der Waals surface area (Å²) in [5.41, 5.74) is 2.56. The van der Waals surface area contributed by atoms with Crippen molar-refractivity contribution in [2.24, 2.45) is 0 Å². The van der Waals surface area contributed by atoms with Gasteiger partial charge in [0, 0.05) is 11.4 Å². The molecule has 2 aromatic carbocycles. The van der Waals surface area contributed by atoms with Gasteiger partial charge < -0.3 is 10.6 Å². The molecule has 1 aromatic heterocycles. The first kappa shape index (κ1) is 17.0. The number of aromatic nitrogens is 1. The molecule has 136 valence electrons. The van der Waals surface area contributed by atoms with Gasteiger partial charge in [0.25, 0.3) is 10.0 Å². The lowest BCUT2D eigenvalue weighted by atomic mass is 10.2.